The van der Waals surface area contributed by atoms with E-state index < -0.39 is 12.1 Å². The molecule has 0 saturated carbocycles. The summed E-state index contributed by atoms with van der Waals surface area (Å²) in [5.41, 5.74) is 0.248. The molecule has 1 unspecified atom stereocenters. The number of unbranched alkanes of at least 4 members (excludes halogenated alkanes) is 5. The molecule has 1 fully saturated rings. The van der Waals surface area contributed by atoms with E-state index in [4.69, 9.17) is 9.47 Å². The maximum atomic E-state index is 11.3. The smallest absolute Gasteiger partial charge is 0.337 e. The highest BCUT2D eigenvalue weighted by atomic mass is 16.6. The third-order valence-electron chi connectivity index (χ3n) is 3.25. The van der Waals surface area contributed by atoms with Gasteiger partial charge in [0.1, 0.15) is 6.10 Å². The van der Waals surface area contributed by atoms with E-state index in [2.05, 4.69) is 13.5 Å². The monoisotopic (exact) mass is 254 g/mol. The van der Waals surface area contributed by atoms with Gasteiger partial charge in [-0.2, -0.15) is 0 Å². The summed E-state index contributed by atoms with van der Waals surface area (Å²) < 4.78 is 10.0. The Kier molecular flexibility index (Phi) is 6.47. The van der Waals surface area contributed by atoms with Crippen LogP contribution in [0.15, 0.2) is 12.2 Å². The molecule has 1 rings (SSSR count). The third-order valence-corrected chi connectivity index (χ3v) is 3.25. The molecule has 1 aliphatic rings. The highest BCUT2D eigenvalue weighted by Crippen LogP contribution is 2.26. The van der Waals surface area contributed by atoms with Crippen molar-refractivity contribution in [2.24, 2.45) is 0 Å². The van der Waals surface area contributed by atoms with Crippen molar-refractivity contribution in [2.45, 2.75) is 64.1 Å². The maximum absolute atomic E-state index is 11.3. The first-order chi connectivity index (χ1) is 8.70. The van der Waals surface area contributed by atoms with Crippen LogP contribution in [0.3, 0.4) is 0 Å². The van der Waals surface area contributed by atoms with Crippen molar-refractivity contribution in [3.8, 4) is 0 Å². The van der Waals surface area contributed by atoms with E-state index in [0.29, 0.717) is 6.47 Å². The third kappa shape index (κ3) is 4.17. The Balaban J connectivity index is 2.25. The van der Waals surface area contributed by atoms with Crippen molar-refractivity contribution in [3.63, 3.8) is 0 Å². The molecule has 102 valence electrons. The van der Waals surface area contributed by atoms with Gasteiger partial charge in [0.2, 0.25) is 0 Å². The average molecular weight is 254 g/mol. The van der Waals surface area contributed by atoms with Crippen molar-refractivity contribution < 1.29 is 19.1 Å². The van der Waals surface area contributed by atoms with Crippen LogP contribution in [-0.2, 0) is 19.1 Å². The van der Waals surface area contributed by atoms with E-state index in [1.807, 2.05) is 0 Å². The fourth-order valence-corrected chi connectivity index (χ4v) is 2.18. The van der Waals surface area contributed by atoms with Crippen molar-refractivity contribution in [3.05, 3.63) is 12.2 Å². The Labute approximate surface area is 108 Å². The summed E-state index contributed by atoms with van der Waals surface area (Å²) in [6, 6.07) is 0. The van der Waals surface area contributed by atoms with Gasteiger partial charge in [0, 0.05) is 0 Å². The molecule has 0 radical (unpaired) electrons. The molecule has 0 aromatic rings. The SMILES string of the molecule is C=C1C(=O)OC(CCCCCCCC)[C@H]1OC=O. The summed E-state index contributed by atoms with van der Waals surface area (Å²) in [5, 5.41) is 0. The summed E-state index contributed by atoms with van der Waals surface area (Å²) in [6.45, 7) is 6.13. The van der Waals surface area contributed by atoms with Crippen LogP contribution in [0.4, 0.5) is 0 Å². The number of hydrogen-bond donors (Lipinski definition) is 0. The first kappa shape index (κ1) is 14.7. The van der Waals surface area contributed by atoms with Gasteiger partial charge in [-0.15, -0.1) is 0 Å². The molecule has 0 aliphatic carbocycles. The average Bonchev–Trinajstić information content (AvgIpc) is 2.62. The number of esters is 1. The number of rotatable bonds is 9. The van der Waals surface area contributed by atoms with Crippen LogP contribution in [0.1, 0.15) is 51.9 Å². The Morgan fingerprint density at radius 1 is 1.28 bits per heavy atom. The van der Waals surface area contributed by atoms with Crippen LogP contribution < -0.4 is 0 Å². The van der Waals surface area contributed by atoms with Gasteiger partial charge in [0.25, 0.3) is 6.47 Å². The van der Waals surface area contributed by atoms with Crippen LogP contribution in [-0.4, -0.2) is 24.6 Å². The molecule has 0 aromatic heterocycles. The van der Waals surface area contributed by atoms with Crippen molar-refractivity contribution >= 4 is 12.4 Å². The van der Waals surface area contributed by atoms with Crippen molar-refractivity contribution in [1.29, 1.82) is 0 Å². The second-order valence-corrected chi connectivity index (χ2v) is 4.68. The summed E-state index contributed by atoms with van der Waals surface area (Å²) >= 11 is 0. The molecule has 1 saturated heterocycles. The van der Waals surface area contributed by atoms with E-state index >= 15 is 0 Å². The Bertz CT molecular complexity index is 298. The Morgan fingerprint density at radius 2 is 1.94 bits per heavy atom. The van der Waals surface area contributed by atoms with Gasteiger partial charge in [-0.3, -0.25) is 4.79 Å². The predicted octanol–water partition coefficient (Wildman–Crippen LogP) is 2.76. The minimum Gasteiger partial charge on any atom is -0.455 e. The zero-order valence-corrected chi connectivity index (χ0v) is 11.0. The van der Waals surface area contributed by atoms with Crippen LogP contribution in [0.2, 0.25) is 0 Å². The van der Waals surface area contributed by atoms with E-state index in [-0.39, 0.29) is 11.7 Å². The van der Waals surface area contributed by atoms with Gasteiger partial charge >= 0.3 is 5.97 Å². The van der Waals surface area contributed by atoms with Gasteiger partial charge in [0.15, 0.2) is 6.10 Å². The molecule has 4 heteroatoms. The topological polar surface area (TPSA) is 52.6 Å². The van der Waals surface area contributed by atoms with Crippen LogP contribution in [0.25, 0.3) is 0 Å². The highest BCUT2D eigenvalue weighted by molar-refractivity contribution is 5.91. The quantitative estimate of drug-likeness (QED) is 0.275. The van der Waals surface area contributed by atoms with Gasteiger partial charge in [-0.05, 0) is 12.8 Å². The zero-order chi connectivity index (χ0) is 13.4. The van der Waals surface area contributed by atoms with Gasteiger partial charge in [-0.25, -0.2) is 4.79 Å². The molecule has 0 N–H and O–H groups in total. The number of cyclic esters (lactones) is 1. The number of carbonyl (C=O) groups is 2. The lowest BCUT2D eigenvalue weighted by atomic mass is 10.0. The van der Waals surface area contributed by atoms with Crippen LogP contribution in [0, 0.1) is 0 Å². The van der Waals surface area contributed by atoms with Gasteiger partial charge in [0.05, 0.1) is 5.57 Å². The highest BCUT2D eigenvalue weighted by Gasteiger charge is 2.39. The summed E-state index contributed by atoms with van der Waals surface area (Å²) in [5.74, 6) is -0.446. The van der Waals surface area contributed by atoms with Crippen LogP contribution >= 0.6 is 0 Å². The predicted molar refractivity (Wildman–Crippen MR) is 68.0 cm³/mol. The molecular formula is C14H22O4. The number of ether oxygens (including phenoxy) is 2. The summed E-state index contributed by atoms with van der Waals surface area (Å²) in [4.78, 5) is 21.7. The second kappa shape index (κ2) is 7.90. The van der Waals surface area contributed by atoms with Crippen molar-refractivity contribution in [2.75, 3.05) is 0 Å². The lowest BCUT2D eigenvalue weighted by Gasteiger charge is -2.15. The lowest BCUT2D eigenvalue weighted by molar-refractivity contribution is -0.143. The fourth-order valence-electron chi connectivity index (χ4n) is 2.18. The fraction of sp³-hybridized carbons (Fsp3) is 0.714. The number of hydrogen-bond acceptors (Lipinski definition) is 4. The lowest BCUT2D eigenvalue weighted by Crippen LogP contribution is -2.25. The Morgan fingerprint density at radius 3 is 2.61 bits per heavy atom. The van der Waals surface area contributed by atoms with Gasteiger partial charge in [-0.1, -0.05) is 45.6 Å². The summed E-state index contributed by atoms with van der Waals surface area (Å²) in [7, 11) is 0. The first-order valence-electron chi connectivity index (χ1n) is 6.69. The molecule has 2 atom stereocenters. The van der Waals surface area contributed by atoms with Gasteiger partial charge < -0.3 is 9.47 Å². The molecule has 1 aliphatic heterocycles. The summed E-state index contributed by atoms with van der Waals surface area (Å²) in [6.07, 6.45) is 6.85. The molecule has 0 bridgehead atoms. The van der Waals surface area contributed by atoms with E-state index in [0.717, 1.165) is 19.3 Å². The van der Waals surface area contributed by atoms with Crippen LogP contribution in [0.5, 0.6) is 0 Å². The minimum atomic E-state index is -0.592. The van der Waals surface area contributed by atoms with E-state index in [1.165, 1.54) is 25.7 Å². The first-order valence-corrected chi connectivity index (χ1v) is 6.69. The molecule has 18 heavy (non-hydrogen) atoms. The standard InChI is InChI=1S/C14H22O4/c1-3-4-5-6-7-8-9-12-13(17-10-15)11(2)14(16)18-12/h10,12-13H,2-9H2,1H3/t12?,13-/m0/s1. The van der Waals surface area contributed by atoms with E-state index in [9.17, 15) is 9.59 Å². The molecule has 0 aromatic carbocycles. The largest absolute Gasteiger partial charge is 0.455 e. The Hall–Kier alpha value is -1.32. The number of carbonyl (C=O) groups excluding carboxylic acids is 2. The van der Waals surface area contributed by atoms with E-state index in [1.54, 1.807) is 0 Å². The molecular weight excluding hydrogens is 232 g/mol. The normalized spacial score (nSPS) is 22.9. The molecule has 0 amide bonds. The van der Waals surface area contributed by atoms with Crippen molar-refractivity contribution in [1.82, 2.24) is 0 Å². The molecule has 1 heterocycles. The maximum Gasteiger partial charge on any atom is 0.337 e. The second-order valence-electron chi connectivity index (χ2n) is 4.68. The molecule has 4 nitrogen and oxygen atoms in total. The molecule has 0 spiro atoms. The minimum absolute atomic E-state index is 0.248. The zero-order valence-electron chi connectivity index (χ0n) is 11.0.